The van der Waals surface area contributed by atoms with Crippen LogP contribution in [0.25, 0.3) is 0 Å². The van der Waals surface area contributed by atoms with Gasteiger partial charge in [-0.15, -0.1) is 0 Å². The van der Waals surface area contributed by atoms with E-state index in [4.69, 9.17) is 10.5 Å². The number of hydrogen-bond donors (Lipinski definition) is 3. The molecule has 1 aromatic rings. The minimum absolute atomic E-state index is 0.0329. The molecule has 1 rings (SSSR count). The molecule has 0 heterocycles. The molecule has 0 aliphatic rings. The van der Waals surface area contributed by atoms with Crippen LogP contribution in [0.15, 0.2) is 18.2 Å². The molecular formula is C13H19FN2O3. The zero-order valence-electron chi connectivity index (χ0n) is 11.1. The number of carbonyl (C=O) groups excluding carboxylic acids is 1. The van der Waals surface area contributed by atoms with E-state index in [1.54, 1.807) is 6.92 Å². The van der Waals surface area contributed by atoms with Crippen LogP contribution in [0.3, 0.4) is 0 Å². The van der Waals surface area contributed by atoms with Crippen LogP contribution in [0, 0.1) is 5.82 Å². The van der Waals surface area contributed by atoms with Crippen LogP contribution in [0.2, 0.25) is 0 Å². The Labute approximate surface area is 111 Å². The van der Waals surface area contributed by atoms with Crippen LogP contribution in [0.1, 0.15) is 23.7 Å². The molecular weight excluding hydrogens is 251 g/mol. The van der Waals surface area contributed by atoms with Crippen molar-refractivity contribution in [3.63, 3.8) is 0 Å². The molecule has 4 N–H and O–H groups in total. The van der Waals surface area contributed by atoms with Gasteiger partial charge in [0.05, 0.1) is 16.9 Å². The number of anilines is 1. The van der Waals surface area contributed by atoms with Crippen molar-refractivity contribution in [2.75, 3.05) is 26.0 Å². The van der Waals surface area contributed by atoms with Crippen molar-refractivity contribution in [2.24, 2.45) is 0 Å². The minimum Gasteiger partial charge on any atom is -0.396 e. The molecule has 0 aromatic heterocycles. The van der Waals surface area contributed by atoms with Gasteiger partial charge in [-0.05, 0) is 19.1 Å². The molecule has 1 atom stereocenters. The number of ether oxygens (including phenoxy) is 1. The molecule has 1 aromatic carbocycles. The van der Waals surface area contributed by atoms with Gasteiger partial charge in [-0.3, -0.25) is 4.79 Å². The van der Waals surface area contributed by atoms with Crippen LogP contribution >= 0.6 is 0 Å². The number of para-hydroxylation sites is 1. The van der Waals surface area contributed by atoms with E-state index in [2.05, 4.69) is 5.32 Å². The van der Waals surface area contributed by atoms with Gasteiger partial charge in [-0.2, -0.15) is 0 Å². The Balaban J connectivity index is 2.63. The van der Waals surface area contributed by atoms with E-state index in [1.807, 2.05) is 0 Å². The van der Waals surface area contributed by atoms with Crippen molar-refractivity contribution in [1.29, 1.82) is 0 Å². The quantitative estimate of drug-likeness (QED) is 0.671. The Morgan fingerprint density at radius 1 is 1.58 bits per heavy atom. The third-order valence-electron chi connectivity index (χ3n) is 2.77. The van der Waals surface area contributed by atoms with Gasteiger partial charge >= 0.3 is 0 Å². The standard InChI is InChI=1S/C13H19FN2O3/c1-13(18,6-7-19-2)8-16-12(17)9-4-3-5-10(14)11(9)15/h3-5,18H,6-8,15H2,1-2H3,(H,16,17). The number of amides is 1. The number of rotatable bonds is 6. The monoisotopic (exact) mass is 270 g/mol. The van der Waals surface area contributed by atoms with Gasteiger partial charge in [-0.1, -0.05) is 6.07 Å². The molecule has 0 saturated heterocycles. The van der Waals surface area contributed by atoms with Crippen molar-refractivity contribution in [1.82, 2.24) is 5.32 Å². The number of halogens is 1. The average molecular weight is 270 g/mol. The minimum atomic E-state index is -1.09. The second kappa shape index (κ2) is 6.49. The Bertz CT molecular complexity index is 450. The molecule has 0 saturated carbocycles. The van der Waals surface area contributed by atoms with E-state index in [0.29, 0.717) is 13.0 Å². The van der Waals surface area contributed by atoms with Gasteiger partial charge in [-0.25, -0.2) is 4.39 Å². The summed E-state index contributed by atoms with van der Waals surface area (Å²) in [6.07, 6.45) is 0.377. The first kappa shape index (κ1) is 15.4. The van der Waals surface area contributed by atoms with E-state index < -0.39 is 17.3 Å². The fraction of sp³-hybridized carbons (Fsp3) is 0.462. The maximum absolute atomic E-state index is 13.2. The molecule has 0 aliphatic carbocycles. The summed E-state index contributed by atoms with van der Waals surface area (Å²) in [5.41, 5.74) is 4.26. The molecule has 106 valence electrons. The van der Waals surface area contributed by atoms with Crippen LogP contribution in [-0.4, -0.2) is 36.9 Å². The second-order valence-electron chi connectivity index (χ2n) is 4.62. The lowest BCUT2D eigenvalue weighted by Gasteiger charge is -2.23. The molecule has 5 nitrogen and oxygen atoms in total. The van der Waals surface area contributed by atoms with E-state index in [-0.39, 0.29) is 17.8 Å². The largest absolute Gasteiger partial charge is 0.396 e. The molecule has 0 aliphatic heterocycles. The van der Waals surface area contributed by atoms with Crippen LogP contribution in [0.5, 0.6) is 0 Å². The SMILES string of the molecule is COCCC(C)(O)CNC(=O)c1cccc(F)c1N. The molecule has 1 amide bonds. The number of nitrogen functional groups attached to an aromatic ring is 1. The summed E-state index contributed by atoms with van der Waals surface area (Å²) in [4.78, 5) is 11.8. The average Bonchev–Trinajstić information content (AvgIpc) is 2.37. The Kier molecular flexibility index (Phi) is 5.26. The molecule has 1 unspecified atom stereocenters. The zero-order valence-corrected chi connectivity index (χ0v) is 11.1. The van der Waals surface area contributed by atoms with Crippen molar-refractivity contribution < 1.29 is 19.0 Å². The number of carbonyl (C=O) groups is 1. The lowest BCUT2D eigenvalue weighted by Crippen LogP contribution is -2.41. The highest BCUT2D eigenvalue weighted by atomic mass is 19.1. The normalized spacial score (nSPS) is 13.9. The van der Waals surface area contributed by atoms with Crippen molar-refractivity contribution >= 4 is 11.6 Å². The van der Waals surface area contributed by atoms with E-state index in [0.717, 1.165) is 0 Å². The fourth-order valence-corrected chi connectivity index (χ4v) is 1.51. The predicted molar refractivity (Wildman–Crippen MR) is 70.3 cm³/mol. The number of hydrogen-bond acceptors (Lipinski definition) is 4. The molecule has 0 spiro atoms. The summed E-state index contributed by atoms with van der Waals surface area (Å²) in [5, 5.41) is 12.5. The van der Waals surface area contributed by atoms with E-state index >= 15 is 0 Å². The highest BCUT2D eigenvalue weighted by Gasteiger charge is 2.22. The van der Waals surface area contributed by atoms with E-state index in [1.165, 1.54) is 25.3 Å². The Hall–Kier alpha value is -1.66. The summed E-state index contributed by atoms with van der Waals surface area (Å²) >= 11 is 0. The number of nitrogens with one attached hydrogen (secondary N) is 1. The topological polar surface area (TPSA) is 84.6 Å². The van der Waals surface area contributed by atoms with E-state index in [9.17, 15) is 14.3 Å². The van der Waals surface area contributed by atoms with Crippen LogP contribution in [-0.2, 0) is 4.74 Å². The fourth-order valence-electron chi connectivity index (χ4n) is 1.51. The first-order valence-corrected chi connectivity index (χ1v) is 5.91. The summed E-state index contributed by atoms with van der Waals surface area (Å²) in [5.74, 6) is -1.16. The second-order valence-corrected chi connectivity index (χ2v) is 4.62. The highest BCUT2D eigenvalue weighted by Crippen LogP contribution is 2.16. The van der Waals surface area contributed by atoms with Gasteiger partial charge in [0.2, 0.25) is 0 Å². The number of methoxy groups -OCH3 is 1. The van der Waals surface area contributed by atoms with Gasteiger partial charge in [0.15, 0.2) is 0 Å². The van der Waals surface area contributed by atoms with Gasteiger partial charge in [0.1, 0.15) is 5.82 Å². The summed E-state index contributed by atoms with van der Waals surface area (Å²) < 4.78 is 18.1. The maximum atomic E-state index is 13.2. The Morgan fingerprint density at radius 3 is 2.89 bits per heavy atom. The Morgan fingerprint density at radius 2 is 2.26 bits per heavy atom. The van der Waals surface area contributed by atoms with Crippen LogP contribution < -0.4 is 11.1 Å². The summed E-state index contributed by atoms with van der Waals surface area (Å²) in [6.45, 7) is 2.00. The summed E-state index contributed by atoms with van der Waals surface area (Å²) in [7, 11) is 1.53. The smallest absolute Gasteiger partial charge is 0.253 e. The lowest BCUT2D eigenvalue weighted by atomic mass is 10.0. The van der Waals surface area contributed by atoms with Gasteiger partial charge in [0.25, 0.3) is 5.91 Å². The number of nitrogens with two attached hydrogens (primary N) is 1. The predicted octanol–water partition coefficient (Wildman–Crippen LogP) is 0.925. The molecule has 0 radical (unpaired) electrons. The lowest BCUT2D eigenvalue weighted by molar-refractivity contribution is 0.0244. The molecule has 6 heteroatoms. The first-order chi connectivity index (χ1) is 8.87. The third-order valence-corrected chi connectivity index (χ3v) is 2.77. The summed E-state index contributed by atoms with van der Waals surface area (Å²) in [6, 6.07) is 4.02. The number of benzene rings is 1. The molecule has 0 bridgehead atoms. The molecule has 0 fully saturated rings. The van der Waals surface area contributed by atoms with Crippen molar-refractivity contribution in [3.8, 4) is 0 Å². The van der Waals surface area contributed by atoms with Crippen molar-refractivity contribution in [3.05, 3.63) is 29.6 Å². The molecule has 19 heavy (non-hydrogen) atoms. The van der Waals surface area contributed by atoms with Gasteiger partial charge in [0, 0.05) is 26.7 Å². The third kappa shape index (κ3) is 4.50. The first-order valence-electron chi connectivity index (χ1n) is 5.91. The van der Waals surface area contributed by atoms with Gasteiger partial charge < -0.3 is 20.9 Å². The van der Waals surface area contributed by atoms with Crippen molar-refractivity contribution in [2.45, 2.75) is 18.9 Å². The maximum Gasteiger partial charge on any atom is 0.253 e. The number of aliphatic hydroxyl groups is 1. The highest BCUT2D eigenvalue weighted by molar-refractivity contribution is 5.99. The zero-order chi connectivity index (χ0) is 14.5. The van der Waals surface area contributed by atoms with Crippen LogP contribution in [0.4, 0.5) is 10.1 Å².